The SMILES string of the molecule is CN(C(=O)c1ccco1)C(=S)Nc1ccco1. The number of rotatable bonds is 2. The molecule has 2 aromatic heterocycles. The molecule has 17 heavy (non-hydrogen) atoms. The number of furan rings is 2. The zero-order valence-electron chi connectivity index (χ0n) is 9.04. The summed E-state index contributed by atoms with van der Waals surface area (Å²) in [4.78, 5) is 13.1. The fourth-order valence-corrected chi connectivity index (χ4v) is 1.38. The fourth-order valence-electron chi connectivity index (χ4n) is 1.20. The van der Waals surface area contributed by atoms with Crippen molar-refractivity contribution in [1.82, 2.24) is 4.90 Å². The summed E-state index contributed by atoms with van der Waals surface area (Å²) in [6, 6.07) is 6.65. The number of thiocarbonyl (C=S) groups is 1. The zero-order valence-corrected chi connectivity index (χ0v) is 9.86. The summed E-state index contributed by atoms with van der Waals surface area (Å²) < 4.78 is 10.1. The topological polar surface area (TPSA) is 58.6 Å². The number of hydrogen-bond donors (Lipinski definition) is 1. The van der Waals surface area contributed by atoms with E-state index < -0.39 is 0 Å². The number of carbonyl (C=O) groups excluding carboxylic acids is 1. The molecule has 0 aliphatic carbocycles. The average Bonchev–Trinajstić information content (AvgIpc) is 2.99. The summed E-state index contributed by atoms with van der Waals surface area (Å²) >= 11 is 5.07. The lowest BCUT2D eigenvalue weighted by atomic mass is 10.4. The third kappa shape index (κ3) is 2.54. The van der Waals surface area contributed by atoms with Gasteiger partial charge in [0.1, 0.15) is 0 Å². The van der Waals surface area contributed by atoms with Crippen LogP contribution in [-0.4, -0.2) is 23.0 Å². The van der Waals surface area contributed by atoms with E-state index in [9.17, 15) is 4.79 Å². The predicted molar refractivity (Wildman–Crippen MR) is 65.7 cm³/mol. The second kappa shape index (κ2) is 4.84. The standard InChI is InChI=1S/C11H10N2O3S/c1-13(10(14)8-4-2-6-15-8)11(17)12-9-5-3-7-16-9/h2-7H,1H3,(H,12,17). The summed E-state index contributed by atoms with van der Waals surface area (Å²) in [6.07, 6.45) is 2.95. The summed E-state index contributed by atoms with van der Waals surface area (Å²) in [5.41, 5.74) is 0. The quantitative estimate of drug-likeness (QED) is 0.829. The number of amides is 1. The van der Waals surface area contributed by atoms with Gasteiger partial charge in [-0.05, 0) is 30.4 Å². The van der Waals surface area contributed by atoms with Crippen LogP contribution in [0.2, 0.25) is 0 Å². The van der Waals surface area contributed by atoms with Crippen LogP contribution in [0.5, 0.6) is 0 Å². The lowest BCUT2D eigenvalue weighted by Crippen LogP contribution is -2.36. The van der Waals surface area contributed by atoms with Crippen LogP contribution in [0.15, 0.2) is 45.6 Å². The van der Waals surface area contributed by atoms with E-state index in [2.05, 4.69) is 5.32 Å². The van der Waals surface area contributed by atoms with Crippen molar-refractivity contribution in [3.63, 3.8) is 0 Å². The first kappa shape index (κ1) is 11.4. The Balaban J connectivity index is 2.02. The molecular formula is C11H10N2O3S. The molecule has 5 nitrogen and oxygen atoms in total. The first-order valence-corrected chi connectivity index (χ1v) is 5.25. The van der Waals surface area contributed by atoms with Crippen LogP contribution in [0.25, 0.3) is 0 Å². The van der Waals surface area contributed by atoms with Crippen LogP contribution in [0.3, 0.4) is 0 Å². The van der Waals surface area contributed by atoms with Crippen LogP contribution in [0.1, 0.15) is 10.6 Å². The van der Waals surface area contributed by atoms with E-state index in [-0.39, 0.29) is 16.8 Å². The Morgan fingerprint density at radius 3 is 2.59 bits per heavy atom. The molecule has 1 N–H and O–H groups in total. The van der Waals surface area contributed by atoms with Gasteiger partial charge < -0.3 is 14.2 Å². The van der Waals surface area contributed by atoms with Crippen molar-refractivity contribution in [3.8, 4) is 0 Å². The number of hydrogen-bond acceptors (Lipinski definition) is 4. The maximum Gasteiger partial charge on any atom is 0.295 e. The van der Waals surface area contributed by atoms with Crippen molar-refractivity contribution in [1.29, 1.82) is 0 Å². The Kier molecular flexibility index (Phi) is 3.24. The third-order valence-electron chi connectivity index (χ3n) is 2.09. The number of nitrogens with zero attached hydrogens (tertiary/aromatic N) is 1. The number of nitrogens with one attached hydrogen (secondary N) is 1. The molecule has 0 aliphatic rings. The van der Waals surface area contributed by atoms with Crippen molar-refractivity contribution in [2.75, 3.05) is 12.4 Å². The molecule has 0 saturated heterocycles. The minimum atomic E-state index is -0.320. The minimum Gasteiger partial charge on any atom is -0.459 e. The monoisotopic (exact) mass is 250 g/mol. The molecule has 0 fully saturated rings. The lowest BCUT2D eigenvalue weighted by molar-refractivity contribution is 0.0843. The Morgan fingerprint density at radius 1 is 1.29 bits per heavy atom. The average molecular weight is 250 g/mol. The predicted octanol–water partition coefficient (Wildman–Crippen LogP) is 2.34. The zero-order chi connectivity index (χ0) is 12.3. The highest BCUT2D eigenvalue weighted by molar-refractivity contribution is 7.80. The number of carbonyl (C=O) groups is 1. The van der Waals surface area contributed by atoms with Crippen molar-refractivity contribution >= 4 is 29.1 Å². The fraction of sp³-hybridized carbons (Fsp3) is 0.0909. The molecule has 0 saturated carbocycles. The molecule has 6 heteroatoms. The highest BCUT2D eigenvalue weighted by Gasteiger charge is 2.18. The summed E-state index contributed by atoms with van der Waals surface area (Å²) in [5, 5.41) is 3.03. The summed E-state index contributed by atoms with van der Waals surface area (Å²) in [6.45, 7) is 0. The van der Waals surface area contributed by atoms with Crippen molar-refractivity contribution in [3.05, 3.63) is 42.6 Å². The van der Waals surface area contributed by atoms with Gasteiger partial charge in [0, 0.05) is 13.1 Å². The second-order valence-electron chi connectivity index (χ2n) is 3.25. The van der Waals surface area contributed by atoms with E-state index >= 15 is 0 Å². The molecule has 0 spiro atoms. The maximum absolute atomic E-state index is 11.8. The van der Waals surface area contributed by atoms with E-state index in [0.29, 0.717) is 5.88 Å². The first-order valence-electron chi connectivity index (χ1n) is 4.84. The Bertz CT molecular complexity index is 505. The van der Waals surface area contributed by atoms with Gasteiger partial charge in [0.25, 0.3) is 5.91 Å². The van der Waals surface area contributed by atoms with E-state index in [1.807, 2.05) is 0 Å². The van der Waals surface area contributed by atoms with Gasteiger partial charge in [-0.15, -0.1) is 0 Å². The first-order chi connectivity index (χ1) is 8.18. The smallest absolute Gasteiger partial charge is 0.295 e. The van der Waals surface area contributed by atoms with Gasteiger partial charge in [0.15, 0.2) is 16.8 Å². The molecule has 0 unspecified atom stereocenters. The van der Waals surface area contributed by atoms with Gasteiger partial charge in [-0.2, -0.15) is 0 Å². The lowest BCUT2D eigenvalue weighted by Gasteiger charge is -2.16. The highest BCUT2D eigenvalue weighted by Crippen LogP contribution is 2.09. The van der Waals surface area contributed by atoms with Gasteiger partial charge in [0.05, 0.1) is 12.5 Å². The van der Waals surface area contributed by atoms with Gasteiger partial charge in [-0.3, -0.25) is 9.69 Å². The van der Waals surface area contributed by atoms with Crippen LogP contribution >= 0.6 is 12.2 Å². The van der Waals surface area contributed by atoms with E-state index in [1.54, 1.807) is 31.3 Å². The molecule has 0 atom stereocenters. The molecule has 0 bridgehead atoms. The largest absolute Gasteiger partial charge is 0.459 e. The van der Waals surface area contributed by atoms with Crippen LogP contribution in [-0.2, 0) is 0 Å². The molecule has 2 aromatic rings. The van der Waals surface area contributed by atoms with E-state index in [0.717, 1.165) is 0 Å². The molecule has 0 radical (unpaired) electrons. The second-order valence-corrected chi connectivity index (χ2v) is 3.64. The summed E-state index contributed by atoms with van der Waals surface area (Å²) in [7, 11) is 1.56. The Labute approximate surface area is 103 Å². The van der Waals surface area contributed by atoms with Crippen LogP contribution in [0, 0.1) is 0 Å². The van der Waals surface area contributed by atoms with Crippen LogP contribution in [0.4, 0.5) is 5.88 Å². The molecular weight excluding hydrogens is 240 g/mol. The van der Waals surface area contributed by atoms with Gasteiger partial charge >= 0.3 is 0 Å². The summed E-state index contributed by atoms with van der Waals surface area (Å²) in [5.74, 6) is 0.393. The van der Waals surface area contributed by atoms with E-state index in [1.165, 1.54) is 17.4 Å². The van der Waals surface area contributed by atoms with Crippen molar-refractivity contribution in [2.24, 2.45) is 0 Å². The Hall–Kier alpha value is -2.08. The molecule has 88 valence electrons. The molecule has 1 amide bonds. The van der Waals surface area contributed by atoms with E-state index in [4.69, 9.17) is 21.1 Å². The van der Waals surface area contributed by atoms with Crippen molar-refractivity contribution in [2.45, 2.75) is 0 Å². The maximum atomic E-state index is 11.8. The molecule has 2 rings (SSSR count). The highest BCUT2D eigenvalue weighted by atomic mass is 32.1. The van der Waals surface area contributed by atoms with Gasteiger partial charge in [0.2, 0.25) is 0 Å². The molecule has 2 heterocycles. The van der Waals surface area contributed by atoms with Crippen LogP contribution < -0.4 is 5.32 Å². The number of anilines is 1. The van der Waals surface area contributed by atoms with Gasteiger partial charge in [-0.1, -0.05) is 0 Å². The Morgan fingerprint density at radius 2 is 2.00 bits per heavy atom. The normalized spacial score (nSPS) is 9.94. The van der Waals surface area contributed by atoms with Gasteiger partial charge in [-0.25, -0.2) is 0 Å². The van der Waals surface area contributed by atoms with Crippen molar-refractivity contribution < 1.29 is 13.6 Å². The molecule has 0 aromatic carbocycles. The minimum absolute atomic E-state index is 0.232. The third-order valence-corrected chi connectivity index (χ3v) is 2.47. The molecule has 0 aliphatic heterocycles.